The summed E-state index contributed by atoms with van der Waals surface area (Å²) in [6.45, 7) is 3.16. The van der Waals surface area contributed by atoms with Crippen molar-refractivity contribution < 1.29 is 32.6 Å². The van der Waals surface area contributed by atoms with Gasteiger partial charge in [0.2, 0.25) is 5.88 Å². The molecule has 35 heavy (non-hydrogen) atoms. The number of halogens is 3. The minimum Gasteiger partial charge on any atom is -0.388 e. The van der Waals surface area contributed by atoms with Crippen molar-refractivity contribution in [1.82, 2.24) is 9.55 Å². The Morgan fingerprint density at radius 3 is 2.40 bits per heavy atom. The van der Waals surface area contributed by atoms with E-state index < -0.39 is 23.8 Å². The molecule has 1 fully saturated rings. The Hall–Kier alpha value is -3.40. The molecule has 3 aromatic rings. The molecule has 1 aromatic carbocycles. The van der Waals surface area contributed by atoms with Crippen molar-refractivity contribution in [3.05, 3.63) is 54.0 Å². The molecule has 0 unspecified atom stereocenters. The Morgan fingerprint density at radius 1 is 1.14 bits per heavy atom. The summed E-state index contributed by atoms with van der Waals surface area (Å²) in [6.07, 6.45) is 3.48. The van der Waals surface area contributed by atoms with E-state index in [0.29, 0.717) is 11.3 Å². The number of fused-ring (bicyclic) bond motifs is 1. The van der Waals surface area contributed by atoms with E-state index in [9.17, 15) is 27.9 Å². The van der Waals surface area contributed by atoms with Crippen molar-refractivity contribution in [2.75, 3.05) is 5.32 Å². The first-order valence-corrected chi connectivity index (χ1v) is 11.3. The number of carbonyl (C=O) groups excluding carboxylic acids is 2. The van der Waals surface area contributed by atoms with Gasteiger partial charge in [0.25, 0.3) is 5.91 Å². The first-order valence-electron chi connectivity index (χ1n) is 11.3. The normalized spacial score (nSPS) is 18.9. The van der Waals surface area contributed by atoms with Gasteiger partial charge in [-0.25, -0.2) is 4.98 Å². The van der Waals surface area contributed by atoms with E-state index in [2.05, 4.69) is 19.6 Å². The van der Waals surface area contributed by atoms with Gasteiger partial charge in [0.05, 0.1) is 5.60 Å². The molecule has 10 heteroatoms. The number of amides is 1. The number of nitrogens with zero attached hydrogens (tertiary/aromatic N) is 2. The van der Waals surface area contributed by atoms with Crippen molar-refractivity contribution in [3.8, 4) is 5.88 Å². The number of aliphatic hydroxyl groups is 1. The van der Waals surface area contributed by atoms with Crippen LogP contribution in [0.25, 0.3) is 10.8 Å². The summed E-state index contributed by atoms with van der Waals surface area (Å²) >= 11 is 0. The van der Waals surface area contributed by atoms with E-state index in [1.807, 2.05) is 12.4 Å². The number of anilines is 1. The predicted octanol–water partition coefficient (Wildman–Crippen LogP) is 5.34. The van der Waals surface area contributed by atoms with Crippen LogP contribution in [0.3, 0.4) is 0 Å². The third-order valence-corrected chi connectivity index (χ3v) is 6.24. The molecular formula is C25H26F3N3O4. The summed E-state index contributed by atoms with van der Waals surface area (Å²) in [7, 11) is 0. The molecule has 1 amide bonds. The van der Waals surface area contributed by atoms with E-state index in [1.165, 1.54) is 12.1 Å². The Balaban J connectivity index is 1.63. The van der Waals surface area contributed by atoms with Crippen LogP contribution < -0.4 is 10.1 Å². The number of hydrogen-bond donors (Lipinski definition) is 2. The van der Waals surface area contributed by atoms with Crippen LogP contribution in [0.2, 0.25) is 0 Å². The third-order valence-electron chi connectivity index (χ3n) is 6.24. The fraction of sp³-hybridized carbons (Fsp3) is 0.400. The van der Waals surface area contributed by atoms with Gasteiger partial charge in [-0.3, -0.25) is 4.79 Å². The van der Waals surface area contributed by atoms with Gasteiger partial charge in [-0.15, -0.1) is 13.2 Å². The van der Waals surface area contributed by atoms with Gasteiger partial charge in [0.15, 0.2) is 0 Å². The molecule has 0 saturated heterocycles. The Labute approximate surface area is 199 Å². The van der Waals surface area contributed by atoms with Crippen molar-refractivity contribution >= 4 is 28.7 Å². The number of aldehydes is 1. The average Bonchev–Trinajstić information content (AvgIpc) is 3.20. The highest BCUT2D eigenvalue weighted by molar-refractivity contribution is 6.04. The maximum Gasteiger partial charge on any atom is 0.574 e. The second-order valence-electron chi connectivity index (χ2n) is 9.36. The van der Waals surface area contributed by atoms with E-state index >= 15 is 0 Å². The molecule has 0 aliphatic heterocycles. The van der Waals surface area contributed by atoms with Crippen LogP contribution in [0.1, 0.15) is 61.6 Å². The predicted molar refractivity (Wildman–Crippen MR) is 123 cm³/mol. The van der Waals surface area contributed by atoms with Crippen molar-refractivity contribution in [3.63, 3.8) is 0 Å². The maximum atomic E-state index is 12.8. The number of aromatic nitrogens is 2. The van der Waals surface area contributed by atoms with Crippen molar-refractivity contribution in [2.45, 2.75) is 57.5 Å². The second-order valence-corrected chi connectivity index (χ2v) is 9.36. The number of nitrogens with one attached hydrogen (secondary N) is 1. The van der Waals surface area contributed by atoms with Gasteiger partial charge < -0.3 is 24.5 Å². The number of rotatable bonds is 6. The summed E-state index contributed by atoms with van der Waals surface area (Å²) in [6, 6.07) is 7.28. The van der Waals surface area contributed by atoms with Crippen molar-refractivity contribution in [1.29, 1.82) is 0 Å². The topological polar surface area (TPSA) is 93.5 Å². The van der Waals surface area contributed by atoms with E-state index in [4.69, 9.17) is 0 Å². The van der Waals surface area contributed by atoms with Gasteiger partial charge in [-0.1, -0.05) is 6.07 Å². The Morgan fingerprint density at radius 2 is 1.80 bits per heavy atom. The number of hydrogen-bond acceptors (Lipinski definition) is 5. The molecular weight excluding hydrogens is 463 g/mol. The lowest BCUT2D eigenvalue weighted by Crippen LogP contribution is -2.22. The SMILES string of the molecule is CC(C)(O)c1cc2cn([C@H]3CC[C@H](C=O)CC3)cc2cc1NC(=O)c1cccc(OC(F)(F)F)n1. The van der Waals surface area contributed by atoms with E-state index in [-0.39, 0.29) is 17.7 Å². The number of pyridine rings is 1. The first-order chi connectivity index (χ1) is 16.4. The van der Waals surface area contributed by atoms with E-state index in [0.717, 1.165) is 48.8 Å². The highest BCUT2D eigenvalue weighted by Crippen LogP contribution is 2.36. The van der Waals surface area contributed by atoms with Gasteiger partial charge in [-0.2, -0.15) is 0 Å². The number of ether oxygens (including phenoxy) is 1. The molecule has 2 N–H and O–H groups in total. The van der Waals surface area contributed by atoms with Gasteiger partial charge in [-0.05, 0) is 63.1 Å². The standard InChI is InChI=1S/C25H26F3N3O4/c1-24(2,34)19-10-16-12-31(18-8-6-15(14-32)7-9-18)13-17(16)11-21(19)30-23(33)20-4-3-5-22(29-20)35-25(26,27)28/h3-5,10-15,18,34H,6-9H2,1-2H3,(H,30,33)/t15-,18-. The van der Waals surface area contributed by atoms with Gasteiger partial charge in [0.1, 0.15) is 12.0 Å². The molecule has 2 heterocycles. The number of benzene rings is 1. The smallest absolute Gasteiger partial charge is 0.388 e. The lowest BCUT2D eigenvalue weighted by atomic mass is 9.87. The van der Waals surface area contributed by atoms with Crippen molar-refractivity contribution in [2.24, 2.45) is 5.92 Å². The van der Waals surface area contributed by atoms with Crippen LogP contribution in [0.4, 0.5) is 18.9 Å². The molecule has 1 aliphatic rings. The largest absolute Gasteiger partial charge is 0.574 e. The second kappa shape index (κ2) is 9.33. The van der Waals surface area contributed by atoms with Crippen LogP contribution >= 0.6 is 0 Å². The minimum absolute atomic E-state index is 0.105. The summed E-state index contributed by atoms with van der Waals surface area (Å²) in [4.78, 5) is 27.5. The molecule has 0 spiro atoms. The van der Waals surface area contributed by atoms with Crippen LogP contribution in [0.5, 0.6) is 5.88 Å². The molecule has 0 bridgehead atoms. The average molecular weight is 489 g/mol. The summed E-state index contributed by atoms with van der Waals surface area (Å²) in [5.41, 5.74) is -0.807. The summed E-state index contributed by atoms with van der Waals surface area (Å²) < 4.78 is 43.5. The van der Waals surface area contributed by atoms with Gasteiger partial charge >= 0.3 is 6.36 Å². The summed E-state index contributed by atoms with van der Waals surface area (Å²) in [5, 5.41) is 15.1. The highest BCUT2D eigenvalue weighted by Gasteiger charge is 2.32. The number of alkyl halides is 3. The molecule has 186 valence electrons. The van der Waals surface area contributed by atoms with E-state index in [1.54, 1.807) is 26.0 Å². The summed E-state index contributed by atoms with van der Waals surface area (Å²) in [5.74, 6) is -1.38. The monoisotopic (exact) mass is 489 g/mol. The molecule has 0 atom stereocenters. The molecule has 1 aliphatic carbocycles. The maximum absolute atomic E-state index is 12.8. The van der Waals surface area contributed by atoms with Crippen LogP contribution in [-0.2, 0) is 10.4 Å². The lowest BCUT2D eigenvalue weighted by Gasteiger charge is -2.26. The fourth-order valence-corrected chi connectivity index (χ4v) is 4.47. The number of carbonyl (C=O) groups is 2. The molecule has 7 nitrogen and oxygen atoms in total. The molecule has 0 radical (unpaired) electrons. The van der Waals surface area contributed by atoms with Gasteiger partial charge in [0, 0.05) is 47.1 Å². The Kier molecular flexibility index (Phi) is 6.59. The molecule has 1 saturated carbocycles. The first kappa shape index (κ1) is 24.7. The van der Waals surface area contributed by atoms with Crippen LogP contribution in [0.15, 0.2) is 42.7 Å². The zero-order chi connectivity index (χ0) is 25.4. The van der Waals surface area contributed by atoms with Crippen LogP contribution in [-0.4, -0.2) is 33.2 Å². The third kappa shape index (κ3) is 5.82. The lowest BCUT2D eigenvalue weighted by molar-refractivity contribution is -0.276. The highest BCUT2D eigenvalue weighted by atomic mass is 19.4. The minimum atomic E-state index is -4.93. The molecule has 2 aromatic heterocycles. The molecule has 4 rings (SSSR count). The zero-order valence-electron chi connectivity index (χ0n) is 19.3. The quantitative estimate of drug-likeness (QED) is 0.456. The Bertz CT molecular complexity index is 1240. The van der Waals surface area contributed by atoms with Crippen LogP contribution in [0, 0.1) is 5.92 Å². The fourth-order valence-electron chi connectivity index (χ4n) is 4.47. The zero-order valence-corrected chi connectivity index (χ0v) is 19.3.